The summed E-state index contributed by atoms with van der Waals surface area (Å²) in [5, 5.41) is 3.27. The molecule has 28 heavy (non-hydrogen) atoms. The molecule has 1 N–H and O–H groups in total. The summed E-state index contributed by atoms with van der Waals surface area (Å²) in [6, 6.07) is 19.3. The van der Waals surface area contributed by atoms with Crippen molar-refractivity contribution in [2.75, 3.05) is 16.7 Å². The van der Waals surface area contributed by atoms with Crippen molar-refractivity contribution < 1.29 is 13.2 Å². The number of nitrogens with zero attached hydrogens (tertiary/aromatic N) is 1. The first kappa shape index (κ1) is 20.2. The number of sulfonamides is 1. The van der Waals surface area contributed by atoms with E-state index in [0.29, 0.717) is 22.0 Å². The van der Waals surface area contributed by atoms with Crippen LogP contribution in [0.1, 0.15) is 10.4 Å². The van der Waals surface area contributed by atoms with Gasteiger partial charge in [0, 0.05) is 12.6 Å². The Labute approximate surface area is 173 Å². The Hall–Kier alpha value is -2.54. The van der Waals surface area contributed by atoms with Gasteiger partial charge in [-0.05, 0) is 48.5 Å². The van der Waals surface area contributed by atoms with Crippen LogP contribution in [-0.2, 0) is 10.0 Å². The number of hydrogen-bond donors (Lipinski definition) is 1. The van der Waals surface area contributed by atoms with Gasteiger partial charge in [-0.15, -0.1) is 0 Å². The van der Waals surface area contributed by atoms with Crippen LogP contribution >= 0.6 is 23.2 Å². The minimum atomic E-state index is -3.68. The molecule has 0 fully saturated rings. The molecule has 0 radical (unpaired) electrons. The first-order chi connectivity index (χ1) is 13.3. The van der Waals surface area contributed by atoms with Crippen LogP contribution in [0, 0.1) is 0 Å². The van der Waals surface area contributed by atoms with Crippen molar-refractivity contribution in [1.82, 2.24) is 0 Å². The molecule has 0 spiro atoms. The third kappa shape index (κ3) is 4.14. The average Bonchev–Trinajstić information content (AvgIpc) is 2.71. The Morgan fingerprint density at radius 1 is 0.893 bits per heavy atom. The molecule has 0 atom stereocenters. The molecule has 0 unspecified atom stereocenters. The summed E-state index contributed by atoms with van der Waals surface area (Å²) >= 11 is 12.0. The average molecular weight is 435 g/mol. The van der Waals surface area contributed by atoms with Gasteiger partial charge in [-0.3, -0.25) is 9.10 Å². The van der Waals surface area contributed by atoms with E-state index >= 15 is 0 Å². The van der Waals surface area contributed by atoms with E-state index in [4.69, 9.17) is 23.2 Å². The van der Waals surface area contributed by atoms with Crippen molar-refractivity contribution in [3.63, 3.8) is 0 Å². The number of carbonyl (C=O) groups is 1. The summed E-state index contributed by atoms with van der Waals surface area (Å²) in [6.45, 7) is 0. The van der Waals surface area contributed by atoms with Crippen molar-refractivity contribution >= 4 is 50.5 Å². The highest BCUT2D eigenvalue weighted by molar-refractivity contribution is 7.92. The van der Waals surface area contributed by atoms with E-state index in [9.17, 15) is 13.2 Å². The number of hydrogen-bond acceptors (Lipinski definition) is 3. The first-order valence-corrected chi connectivity index (χ1v) is 10.4. The number of halogens is 2. The molecule has 0 bridgehead atoms. The Morgan fingerprint density at radius 3 is 2.18 bits per heavy atom. The van der Waals surface area contributed by atoms with Crippen molar-refractivity contribution in [2.45, 2.75) is 4.90 Å². The molecular formula is C20H16Cl2N2O3S. The first-order valence-electron chi connectivity index (χ1n) is 8.20. The summed E-state index contributed by atoms with van der Waals surface area (Å²) < 4.78 is 26.5. The standard InChI is InChI=1S/C20H16Cl2N2O3S/c1-24(28(26,27)16-6-3-2-4-7-16)15-12-10-14(11-13-15)20(25)23-18-9-5-8-17(21)19(18)22/h2-13H,1H3,(H,23,25). The molecule has 0 aromatic heterocycles. The molecule has 0 saturated heterocycles. The largest absolute Gasteiger partial charge is 0.321 e. The van der Waals surface area contributed by atoms with Gasteiger partial charge in [-0.1, -0.05) is 47.5 Å². The fourth-order valence-electron chi connectivity index (χ4n) is 2.51. The molecule has 0 aliphatic carbocycles. The van der Waals surface area contributed by atoms with Crippen LogP contribution in [0.2, 0.25) is 10.0 Å². The van der Waals surface area contributed by atoms with Crippen LogP contribution in [0.25, 0.3) is 0 Å². The summed E-state index contributed by atoms with van der Waals surface area (Å²) in [7, 11) is -2.22. The lowest BCUT2D eigenvalue weighted by atomic mass is 10.2. The van der Waals surface area contributed by atoms with E-state index in [1.54, 1.807) is 60.7 Å². The third-order valence-corrected chi connectivity index (χ3v) is 6.71. The maximum atomic E-state index is 12.7. The molecule has 8 heteroatoms. The molecule has 3 aromatic rings. The third-order valence-electron chi connectivity index (χ3n) is 4.09. The van der Waals surface area contributed by atoms with Crippen LogP contribution in [0.15, 0.2) is 77.7 Å². The number of amides is 1. The maximum Gasteiger partial charge on any atom is 0.264 e. The fraction of sp³-hybridized carbons (Fsp3) is 0.0500. The van der Waals surface area contributed by atoms with E-state index in [1.165, 1.54) is 19.2 Å². The lowest BCUT2D eigenvalue weighted by Gasteiger charge is -2.19. The molecule has 3 aromatic carbocycles. The molecule has 1 amide bonds. The van der Waals surface area contributed by atoms with Crippen LogP contribution in [-0.4, -0.2) is 21.4 Å². The minimum absolute atomic E-state index is 0.190. The smallest absolute Gasteiger partial charge is 0.264 e. The highest BCUT2D eigenvalue weighted by Gasteiger charge is 2.21. The molecule has 3 rings (SSSR count). The van der Waals surface area contributed by atoms with Gasteiger partial charge in [0.05, 0.1) is 26.3 Å². The van der Waals surface area contributed by atoms with Gasteiger partial charge in [0.1, 0.15) is 0 Å². The molecule has 0 aliphatic heterocycles. The summed E-state index contributed by atoms with van der Waals surface area (Å²) in [5.74, 6) is -0.385. The number of rotatable bonds is 5. The predicted octanol–water partition coefficient (Wildman–Crippen LogP) is 5.07. The van der Waals surface area contributed by atoms with E-state index in [0.717, 1.165) is 4.31 Å². The topological polar surface area (TPSA) is 66.5 Å². The zero-order valence-electron chi connectivity index (χ0n) is 14.8. The van der Waals surface area contributed by atoms with Crippen molar-refractivity contribution in [3.05, 3.63) is 88.4 Å². The van der Waals surface area contributed by atoms with Gasteiger partial charge in [0.2, 0.25) is 0 Å². The Morgan fingerprint density at radius 2 is 1.54 bits per heavy atom. The fourth-order valence-corrected chi connectivity index (χ4v) is 4.07. The molecule has 0 saturated carbocycles. The van der Waals surface area contributed by atoms with Gasteiger partial charge in [0.25, 0.3) is 15.9 Å². The van der Waals surface area contributed by atoms with Crippen molar-refractivity contribution in [3.8, 4) is 0 Å². The van der Waals surface area contributed by atoms with E-state index in [1.807, 2.05) is 0 Å². The molecular weight excluding hydrogens is 419 g/mol. The highest BCUT2D eigenvalue weighted by atomic mass is 35.5. The quantitative estimate of drug-likeness (QED) is 0.609. The number of anilines is 2. The molecule has 0 heterocycles. The van der Waals surface area contributed by atoms with Crippen LogP contribution < -0.4 is 9.62 Å². The van der Waals surface area contributed by atoms with Gasteiger partial charge >= 0.3 is 0 Å². The summed E-state index contributed by atoms with van der Waals surface area (Å²) in [4.78, 5) is 12.6. The highest BCUT2D eigenvalue weighted by Crippen LogP contribution is 2.30. The van der Waals surface area contributed by atoms with E-state index < -0.39 is 10.0 Å². The van der Waals surface area contributed by atoms with Crippen molar-refractivity contribution in [1.29, 1.82) is 0 Å². The lowest BCUT2D eigenvalue weighted by molar-refractivity contribution is 0.102. The Bertz CT molecular complexity index is 1100. The summed E-state index contributed by atoms with van der Waals surface area (Å²) in [5.41, 5.74) is 1.18. The van der Waals surface area contributed by atoms with Crippen LogP contribution in [0.4, 0.5) is 11.4 Å². The Balaban J connectivity index is 1.79. The summed E-state index contributed by atoms with van der Waals surface area (Å²) in [6.07, 6.45) is 0. The van der Waals surface area contributed by atoms with E-state index in [2.05, 4.69) is 5.32 Å². The molecule has 144 valence electrons. The Kier molecular flexibility index (Phi) is 5.93. The number of benzene rings is 3. The normalized spacial score (nSPS) is 11.1. The maximum absolute atomic E-state index is 12.7. The number of nitrogens with one attached hydrogen (secondary N) is 1. The zero-order valence-corrected chi connectivity index (χ0v) is 17.1. The SMILES string of the molecule is CN(c1ccc(C(=O)Nc2cccc(Cl)c2Cl)cc1)S(=O)(=O)c1ccccc1. The van der Waals surface area contributed by atoms with Crippen molar-refractivity contribution in [2.24, 2.45) is 0 Å². The molecule has 0 aliphatic rings. The number of carbonyl (C=O) groups excluding carboxylic acids is 1. The monoisotopic (exact) mass is 434 g/mol. The van der Waals surface area contributed by atoms with Gasteiger partial charge in [-0.25, -0.2) is 8.42 Å². The second-order valence-electron chi connectivity index (χ2n) is 5.89. The second-order valence-corrected chi connectivity index (χ2v) is 8.64. The van der Waals surface area contributed by atoms with Gasteiger partial charge in [-0.2, -0.15) is 0 Å². The predicted molar refractivity (Wildman–Crippen MR) is 113 cm³/mol. The van der Waals surface area contributed by atoms with E-state index in [-0.39, 0.29) is 15.8 Å². The van der Waals surface area contributed by atoms with Crippen LogP contribution in [0.5, 0.6) is 0 Å². The zero-order chi connectivity index (χ0) is 20.3. The van der Waals surface area contributed by atoms with Gasteiger partial charge < -0.3 is 5.32 Å². The van der Waals surface area contributed by atoms with Crippen LogP contribution in [0.3, 0.4) is 0 Å². The van der Waals surface area contributed by atoms with Gasteiger partial charge in [0.15, 0.2) is 0 Å². The second kappa shape index (κ2) is 8.22. The minimum Gasteiger partial charge on any atom is -0.321 e. The lowest BCUT2D eigenvalue weighted by Crippen LogP contribution is -2.26. The molecule has 5 nitrogen and oxygen atoms in total.